The Kier molecular flexibility index (Phi) is 26.2. The number of amides is 5. The normalized spacial score (nSPS) is 14.5. The Morgan fingerprint density at radius 3 is 1.93 bits per heavy atom. The number of carbonyl (C=O) groups excluding carboxylic acids is 5. The quantitative estimate of drug-likeness (QED) is 0.0217. The van der Waals surface area contributed by atoms with E-state index in [1.165, 1.54) is 7.05 Å². The van der Waals surface area contributed by atoms with Crippen molar-refractivity contribution in [2.24, 2.45) is 11.7 Å². The number of fused-ring (bicyclic) bond motifs is 1. The van der Waals surface area contributed by atoms with E-state index >= 15 is 0 Å². The zero-order valence-corrected chi connectivity index (χ0v) is 46.1. The van der Waals surface area contributed by atoms with Crippen molar-refractivity contribution in [1.82, 2.24) is 31.9 Å². The Morgan fingerprint density at radius 2 is 1.36 bits per heavy atom. The number of guanidine groups is 1. The van der Waals surface area contributed by atoms with Gasteiger partial charge in [0.05, 0.1) is 64.1 Å². The number of nitrogens with two attached hydrogens (primary N) is 1. The first kappa shape index (κ1) is 62.9. The van der Waals surface area contributed by atoms with Crippen molar-refractivity contribution < 1.29 is 60.8 Å². The number of rotatable bonds is 32. The third-order valence-corrected chi connectivity index (χ3v) is 12.6. The van der Waals surface area contributed by atoms with Crippen molar-refractivity contribution >= 4 is 52.1 Å². The molecule has 9 N–H and O–H groups in total. The number of anilines is 1. The van der Waals surface area contributed by atoms with E-state index in [-0.39, 0.29) is 52.2 Å². The van der Waals surface area contributed by atoms with E-state index in [1.54, 1.807) is 41.5 Å². The van der Waals surface area contributed by atoms with Gasteiger partial charge in [-0.1, -0.05) is 44.2 Å². The van der Waals surface area contributed by atoms with E-state index < -0.39 is 94.3 Å². The molecule has 1 heterocycles. The number of benzene rings is 2. The minimum Gasteiger partial charge on any atom is -0.487 e. The van der Waals surface area contributed by atoms with Crippen LogP contribution in [0.15, 0.2) is 30.3 Å². The fourth-order valence-corrected chi connectivity index (χ4v) is 8.62. The fourth-order valence-electron chi connectivity index (χ4n) is 7.92. The molecule has 5 amide bonds. The largest absolute Gasteiger partial charge is 0.487 e. The zero-order valence-electron chi connectivity index (χ0n) is 45.2. The molecule has 1 aliphatic heterocycles. The number of nitrogens with zero attached hydrogens (tertiary/aromatic N) is 1. The van der Waals surface area contributed by atoms with Gasteiger partial charge in [-0.3, -0.25) is 29.4 Å². The standard InChI is InChI=1S/C51H83N9O13S/c1-32(2)42(48(65)58-40(30-72-50(6,7)8)47(64)57-39(45(62)54-11)28-36-16-13-12-14-17-36)59-46(63)38(56-41(61)31-71-27-26-70-25-24-69-23-22-68-21-19-52)18-15-20-55-49(53)60(74(66)67)43-33(3)34(4)44-37(35(43)5)29-51(9,10)73-44/h12-14,16-17,32,38-40,42,74H,15,18-31,52H2,1-11H3,(H2,53,55)(H,54,62)(H,56,61)(H,57,64)(H,58,65)(H,59,63)/t38-,39-,40-,42-/m0/s1. The van der Waals surface area contributed by atoms with Gasteiger partial charge in [0, 0.05) is 38.5 Å². The minimum absolute atomic E-state index is 0.00851. The Balaban J connectivity index is 1.78. The van der Waals surface area contributed by atoms with Crippen molar-refractivity contribution in [3.05, 3.63) is 58.1 Å². The number of carbonyl (C=O) groups is 5. The van der Waals surface area contributed by atoms with E-state index in [0.717, 1.165) is 21.0 Å². The SMILES string of the molecule is CNC(=O)[C@H](Cc1ccccc1)NC(=O)[C@H](COC(C)(C)C)NC(=O)[C@@H](NC(=O)[C@H](CCCNC(=N)N(c1c(C)c(C)c2c(c1C)CC(C)(C)O2)[SH](=O)=O)NC(=O)COCCOCCOCCOCCN)C(C)C. The first-order chi connectivity index (χ1) is 34.9. The molecule has 2 aromatic rings. The highest BCUT2D eigenvalue weighted by atomic mass is 32.2. The molecule has 23 heteroatoms. The monoisotopic (exact) mass is 1060 g/mol. The Hall–Kier alpha value is -5.43. The van der Waals surface area contributed by atoms with Crippen LogP contribution in [0.4, 0.5) is 5.69 Å². The van der Waals surface area contributed by atoms with Crippen molar-refractivity contribution in [3.8, 4) is 5.75 Å². The van der Waals surface area contributed by atoms with E-state index in [9.17, 15) is 32.4 Å². The number of nitrogens with one attached hydrogen (secondary N) is 7. The van der Waals surface area contributed by atoms with Gasteiger partial charge in [0.15, 0.2) is 0 Å². The molecule has 74 heavy (non-hydrogen) atoms. The van der Waals surface area contributed by atoms with Crippen LogP contribution in [0, 0.1) is 32.1 Å². The van der Waals surface area contributed by atoms with E-state index in [1.807, 2.05) is 58.0 Å². The topological polar surface area (TPSA) is 300 Å². The minimum atomic E-state index is -3.33. The summed E-state index contributed by atoms with van der Waals surface area (Å²) in [5.41, 5.74) is 8.29. The summed E-state index contributed by atoms with van der Waals surface area (Å²) in [6.45, 7) is 19.9. The maximum atomic E-state index is 14.2. The van der Waals surface area contributed by atoms with Crippen LogP contribution < -0.4 is 46.7 Å². The fraction of sp³-hybridized carbons (Fsp3) is 0.647. The summed E-state index contributed by atoms with van der Waals surface area (Å²) >= 11 is 0. The van der Waals surface area contributed by atoms with Gasteiger partial charge in [0.1, 0.15) is 42.1 Å². The van der Waals surface area contributed by atoms with Gasteiger partial charge in [-0.25, -0.2) is 12.7 Å². The van der Waals surface area contributed by atoms with Crippen molar-refractivity contribution in [2.75, 3.05) is 83.9 Å². The number of hydrogen-bond acceptors (Lipinski definition) is 15. The van der Waals surface area contributed by atoms with Crippen LogP contribution in [0.1, 0.15) is 89.1 Å². The van der Waals surface area contributed by atoms with Crippen LogP contribution in [-0.4, -0.2) is 159 Å². The Morgan fingerprint density at radius 1 is 0.784 bits per heavy atom. The van der Waals surface area contributed by atoms with Crippen LogP contribution in [-0.2, 0) is 71.4 Å². The van der Waals surface area contributed by atoms with Crippen LogP contribution in [0.5, 0.6) is 5.75 Å². The third-order valence-electron chi connectivity index (χ3n) is 11.9. The zero-order chi connectivity index (χ0) is 55.2. The number of thiol groups is 1. The molecular formula is C51H83N9O13S. The molecule has 1 aliphatic rings. The lowest BCUT2D eigenvalue weighted by Gasteiger charge is -2.29. The highest BCUT2D eigenvalue weighted by molar-refractivity contribution is 7.75. The second kappa shape index (κ2) is 30.8. The van der Waals surface area contributed by atoms with Gasteiger partial charge in [0.2, 0.25) is 46.4 Å². The molecule has 4 atom stereocenters. The molecule has 0 unspecified atom stereocenters. The first-order valence-corrected chi connectivity index (χ1v) is 26.2. The lowest BCUT2D eigenvalue weighted by atomic mass is 9.92. The van der Waals surface area contributed by atoms with Gasteiger partial charge < -0.3 is 66.1 Å². The van der Waals surface area contributed by atoms with Crippen LogP contribution >= 0.6 is 0 Å². The molecule has 0 radical (unpaired) electrons. The number of ether oxygens (including phenoxy) is 6. The smallest absolute Gasteiger partial charge is 0.246 e. The summed E-state index contributed by atoms with van der Waals surface area (Å²) in [5, 5.41) is 25.2. The van der Waals surface area contributed by atoms with Gasteiger partial charge in [-0.2, -0.15) is 0 Å². The maximum absolute atomic E-state index is 14.2. The molecule has 3 rings (SSSR count). The maximum Gasteiger partial charge on any atom is 0.246 e. The highest BCUT2D eigenvalue weighted by Gasteiger charge is 2.37. The van der Waals surface area contributed by atoms with Crippen LogP contribution in [0.2, 0.25) is 0 Å². The summed E-state index contributed by atoms with van der Waals surface area (Å²) in [4.78, 5) is 68.6. The molecule has 22 nitrogen and oxygen atoms in total. The second-order valence-corrected chi connectivity index (χ2v) is 20.8. The lowest BCUT2D eigenvalue weighted by molar-refractivity contribution is -0.137. The van der Waals surface area contributed by atoms with Gasteiger partial charge >= 0.3 is 0 Å². The van der Waals surface area contributed by atoms with Gasteiger partial charge in [0.25, 0.3) is 0 Å². The predicted octanol–water partition coefficient (Wildman–Crippen LogP) is 1.39. The summed E-state index contributed by atoms with van der Waals surface area (Å²) < 4.78 is 60.5. The summed E-state index contributed by atoms with van der Waals surface area (Å²) in [6.07, 6.45) is 0.841. The van der Waals surface area contributed by atoms with Crippen molar-refractivity contribution in [3.63, 3.8) is 0 Å². The molecule has 2 aromatic carbocycles. The van der Waals surface area contributed by atoms with E-state index in [2.05, 4.69) is 31.9 Å². The third kappa shape index (κ3) is 20.7. The average molecular weight is 1060 g/mol. The molecular weight excluding hydrogens is 979 g/mol. The number of hydrogen-bond donors (Lipinski definition) is 9. The molecule has 0 saturated heterocycles. The summed E-state index contributed by atoms with van der Waals surface area (Å²) in [5.74, 6) is -3.49. The molecule has 0 saturated carbocycles. The molecule has 0 aromatic heterocycles. The van der Waals surface area contributed by atoms with Crippen molar-refractivity contribution in [1.29, 1.82) is 5.41 Å². The molecule has 416 valence electrons. The molecule has 0 fully saturated rings. The van der Waals surface area contributed by atoms with Gasteiger partial charge in [-0.05, 0) is 96.4 Å². The Bertz CT molecular complexity index is 2250. The first-order valence-electron chi connectivity index (χ1n) is 25.1. The van der Waals surface area contributed by atoms with Crippen LogP contribution in [0.25, 0.3) is 0 Å². The number of likely N-dealkylation sites (N-methyl/N-ethyl adjacent to an activating group) is 1. The van der Waals surface area contributed by atoms with Crippen LogP contribution in [0.3, 0.4) is 0 Å². The summed E-state index contributed by atoms with van der Waals surface area (Å²) in [6, 6.07) is 4.35. The molecule has 0 spiro atoms. The highest BCUT2D eigenvalue weighted by Crippen LogP contribution is 2.45. The molecule has 0 aliphatic carbocycles. The van der Waals surface area contributed by atoms with Crippen molar-refractivity contribution in [2.45, 2.75) is 130 Å². The van der Waals surface area contributed by atoms with E-state index in [4.69, 9.17) is 39.6 Å². The Labute approximate surface area is 438 Å². The van der Waals surface area contributed by atoms with E-state index in [0.29, 0.717) is 62.0 Å². The lowest BCUT2D eigenvalue weighted by Crippen LogP contribution is -2.60. The van der Waals surface area contributed by atoms with Gasteiger partial charge in [-0.15, -0.1) is 0 Å². The molecule has 0 bridgehead atoms. The summed E-state index contributed by atoms with van der Waals surface area (Å²) in [7, 11) is -1.88. The second-order valence-electron chi connectivity index (χ2n) is 19.9. The predicted molar refractivity (Wildman–Crippen MR) is 282 cm³/mol. The average Bonchev–Trinajstić information content (AvgIpc) is 3.68.